The van der Waals surface area contributed by atoms with Gasteiger partial charge >= 0.3 is 6.18 Å². The van der Waals surface area contributed by atoms with Crippen LogP contribution in [-0.2, 0) is 11.0 Å². The summed E-state index contributed by atoms with van der Waals surface area (Å²) in [7, 11) is 0. The fourth-order valence-corrected chi connectivity index (χ4v) is 5.19. The number of anilines is 3. The topological polar surface area (TPSA) is 54.3 Å². The van der Waals surface area contributed by atoms with Crippen molar-refractivity contribution >= 4 is 29.5 Å². The Morgan fingerprint density at radius 2 is 1.39 bits per heavy atom. The summed E-state index contributed by atoms with van der Waals surface area (Å²) in [5.41, 5.74) is 5.69. The van der Waals surface area contributed by atoms with E-state index in [0.29, 0.717) is 39.4 Å². The lowest BCUT2D eigenvalue weighted by molar-refractivity contribution is -0.137. The Morgan fingerprint density at radius 3 is 1.95 bits per heavy atom. The minimum atomic E-state index is -4.45. The lowest BCUT2D eigenvalue weighted by Gasteiger charge is -2.23. The summed E-state index contributed by atoms with van der Waals surface area (Å²) in [4.78, 5) is 27.7. The number of aryl methyl sites for hydroxylation is 1. The van der Waals surface area contributed by atoms with Crippen LogP contribution in [-0.4, -0.2) is 16.9 Å². The third-order valence-electron chi connectivity index (χ3n) is 7.62. The highest BCUT2D eigenvalue weighted by atomic mass is 19.4. The molecule has 0 aliphatic rings. The molecule has 0 bridgehead atoms. The number of aromatic nitrogens is 1. The van der Waals surface area contributed by atoms with Crippen molar-refractivity contribution in [3.8, 4) is 22.3 Å². The number of carbonyl (C=O) groups is 2. The Bertz CT molecular complexity index is 1790. The monoisotopic (exact) mass is 595 g/mol. The number of nitrogens with one attached hydrogen (secondary N) is 1. The lowest BCUT2D eigenvalue weighted by Crippen LogP contribution is -2.19. The van der Waals surface area contributed by atoms with Gasteiger partial charge in [-0.1, -0.05) is 72.3 Å². The molecule has 44 heavy (non-hydrogen) atoms. The van der Waals surface area contributed by atoms with Gasteiger partial charge in [0, 0.05) is 23.4 Å². The Hall–Kier alpha value is -5.11. The molecule has 0 aliphatic heterocycles. The van der Waals surface area contributed by atoms with E-state index in [-0.39, 0.29) is 6.04 Å². The van der Waals surface area contributed by atoms with Gasteiger partial charge in [-0.25, -0.2) is 0 Å². The van der Waals surface area contributed by atoms with E-state index in [1.807, 2.05) is 56.5 Å². The molecule has 1 heterocycles. The van der Waals surface area contributed by atoms with Gasteiger partial charge in [-0.3, -0.25) is 14.5 Å². The fraction of sp³-hybridized carbons (Fsp3) is 0.167. The first kappa shape index (κ1) is 30.4. The first-order valence-corrected chi connectivity index (χ1v) is 14.2. The molecule has 4 aromatic carbocycles. The second kappa shape index (κ2) is 12.2. The van der Waals surface area contributed by atoms with Crippen molar-refractivity contribution < 1.29 is 22.8 Å². The summed E-state index contributed by atoms with van der Waals surface area (Å²) < 4.78 is 41.2. The van der Waals surface area contributed by atoms with E-state index in [0.717, 1.165) is 29.7 Å². The van der Waals surface area contributed by atoms with Gasteiger partial charge in [0.1, 0.15) is 5.82 Å². The molecule has 5 rings (SSSR count). The number of hydrogen-bond donors (Lipinski definition) is 1. The van der Waals surface area contributed by atoms with E-state index in [9.17, 15) is 22.8 Å². The molecule has 2 amide bonds. The van der Waals surface area contributed by atoms with Crippen LogP contribution in [0.1, 0.15) is 46.9 Å². The van der Waals surface area contributed by atoms with Gasteiger partial charge in [-0.05, 0) is 80.3 Å². The number of nitrogens with zero attached hydrogens (tertiary/aromatic N) is 2. The molecule has 1 aromatic heterocycles. The van der Waals surface area contributed by atoms with Crippen LogP contribution in [0.4, 0.5) is 30.4 Å². The molecule has 0 saturated heterocycles. The third-order valence-corrected chi connectivity index (χ3v) is 7.62. The zero-order valence-electron chi connectivity index (χ0n) is 24.8. The molecule has 1 N–H and O–H groups in total. The molecule has 0 fully saturated rings. The quantitative estimate of drug-likeness (QED) is 0.182. The van der Waals surface area contributed by atoms with Crippen LogP contribution in [0.25, 0.3) is 22.3 Å². The molecule has 224 valence electrons. The average Bonchev–Trinajstić information content (AvgIpc) is 3.33. The molecule has 0 atom stereocenters. The van der Waals surface area contributed by atoms with Crippen molar-refractivity contribution in [2.24, 2.45) is 0 Å². The molecule has 0 unspecified atom stereocenters. The largest absolute Gasteiger partial charge is 0.416 e. The molecule has 0 saturated carbocycles. The number of hydrogen-bond acceptors (Lipinski definition) is 2. The molecule has 0 radical (unpaired) electrons. The van der Waals surface area contributed by atoms with Crippen molar-refractivity contribution in [2.45, 2.75) is 39.9 Å². The molecule has 0 aliphatic carbocycles. The van der Waals surface area contributed by atoms with Crippen molar-refractivity contribution in [1.29, 1.82) is 0 Å². The first-order chi connectivity index (χ1) is 21.0. The molecule has 8 heteroatoms. The zero-order chi connectivity index (χ0) is 31.6. The number of carbonyl (C=O) groups excluding carboxylic acids is 2. The van der Waals surface area contributed by atoms with Crippen LogP contribution in [0.5, 0.6) is 0 Å². The number of alkyl halides is 3. The second-order valence-corrected chi connectivity index (χ2v) is 11.0. The van der Waals surface area contributed by atoms with E-state index < -0.39 is 17.6 Å². The van der Waals surface area contributed by atoms with Gasteiger partial charge in [-0.2, -0.15) is 13.2 Å². The second-order valence-electron chi connectivity index (χ2n) is 11.0. The predicted molar refractivity (Wildman–Crippen MR) is 169 cm³/mol. The summed E-state index contributed by atoms with van der Waals surface area (Å²) in [6, 6.07) is 27.4. The van der Waals surface area contributed by atoms with Crippen LogP contribution in [0.15, 0.2) is 103 Å². The zero-order valence-corrected chi connectivity index (χ0v) is 24.8. The van der Waals surface area contributed by atoms with Gasteiger partial charge in [0.2, 0.25) is 6.41 Å². The highest BCUT2D eigenvalue weighted by Gasteiger charge is 2.30. The third kappa shape index (κ3) is 6.15. The molecular weight excluding hydrogens is 563 g/mol. The number of amides is 2. The lowest BCUT2D eigenvalue weighted by atomic mass is 9.98. The van der Waals surface area contributed by atoms with Crippen molar-refractivity contribution in [3.63, 3.8) is 0 Å². The maximum absolute atomic E-state index is 13.6. The van der Waals surface area contributed by atoms with E-state index in [1.165, 1.54) is 17.7 Å². The number of halogens is 3. The Labute approximate surface area is 254 Å². The molecule has 0 spiro atoms. The smallest absolute Gasteiger partial charge is 0.329 e. The van der Waals surface area contributed by atoms with Crippen molar-refractivity contribution in [1.82, 2.24) is 4.57 Å². The Balaban J connectivity index is 1.46. The normalized spacial score (nSPS) is 11.5. The van der Waals surface area contributed by atoms with Crippen LogP contribution < -0.4 is 10.2 Å². The van der Waals surface area contributed by atoms with Crippen LogP contribution >= 0.6 is 0 Å². The van der Waals surface area contributed by atoms with Gasteiger partial charge in [-0.15, -0.1) is 0 Å². The van der Waals surface area contributed by atoms with Gasteiger partial charge in [0.25, 0.3) is 5.91 Å². The van der Waals surface area contributed by atoms with Gasteiger partial charge in [0.15, 0.2) is 0 Å². The SMILES string of the molecule is Cc1ccc(-c2ccc(N(C=O)c3c(C)c(NC(=O)c4ccccc4-c4ccc(C(F)(F)F)cc4)cn3C(C)C)cc2)cc1. The first-order valence-electron chi connectivity index (χ1n) is 14.2. The standard InChI is InChI=1S/C36H32F3N3O2/c1-23(2)41-21-33(40-34(44)32-8-6-5-7-31(32)28-13-17-29(18-14-28)36(37,38)39)25(4)35(41)42(22-43)30-19-15-27(16-20-30)26-11-9-24(3)10-12-26/h5-23H,1-4H3,(H,40,44). The average molecular weight is 596 g/mol. The van der Waals surface area contributed by atoms with E-state index in [1.54, 1.807) is 35.4 Å². The summed E-state index contributed by atoms with van der Waals surface area (Å²) in [5.74, 6) is 0.195. The Kier molecular flexibility index (Phi) is 8.45. The maximum Gasteiger partial charge on any atom is 0.416 e. The van der Waals surface area contributed by atoms with E-state index in [2.05, 4.69) is 29.6 Å². The summed E-state index contributed by atoms with van der Waals surface area (Å²) in [6.45, 7) is 7.84. The van der Waals surface area contributed by atoms with E-state index >= 15 is 0 Å². The van der Waals surface area contributed by atoms with Crippen LogP contribution in [0.2, 0.25) is 0 Å². The minimum absolute atomic E-state index is 0.0388. The predicted octanol–water partition coefficient (Wildman–Crippen LogP) is 9.59. The number of rotatable bonds is 8. The molecule has 5 aromatic rings. The molecule has 5 nitrogen and oxygen atoms in total. The summed E-state index contributed by atoms with van der Waals surface area (Å²) in [6.07, 6.45) is -1.90. The van der Waals surface area contributed by atoms with Gasteiger partial charge < -0.3 is 9.88 Å². The highest BCUT2D eigenvalue weighted by molar-refractivity contribution is 6.09. The molecular formula is C36H32F3N3O2. The van der Waals surface area contributed by atoms with E-state index in [4.69, 9.17) is 0 Å². The number of benzene rings is 4. The minimum Gasteiger partial charge on any atom is -0.329 e. The van der Waals surface area contributed by atoms with Gasteiger partial charge in [0.05, 0.1) is 16.9 Å². The Morgan fingerprint density at radius 1 is 0.818 bits per heavy atom. The maximum atomic E-state index is 13.6. The summed E-state index contributed by atoms with van der Waals surface area (Å²) >= 11 is 0. The van der Waals surface area contributed by atoms with Crippen molar-refractivity contribution in [3.05, 3.63) is 126 Å². The summed E-state index contributed by atoms with van der Waals surface area (Å²) in [5, 5.41) is 2.97. The van der Waals surface area contributed by atoms with Crippen LogP contribution in [0, 0.1) is 13.8 Å². The van der Waals surface area contributed by atoms with Crippen LogP contribution in [0.3, 0.4) is 0 Å². The fourth-order valence-electron chi connectivity index (χ4n) is 5.19. The highest BCUT2D eigenvalue weighted by Crippen LogP contribution is 2.37. The van der Waals surface area contributed by atoms with Crippen molar-refractivity contribution in [2.75, 3.05) is 10.2 Å².